The van der Waals surface area contributed by atoms with Crippen LogP contribution in [0.25, 0.3) is 10.2 Å². The number of anilines is 1. The zero-order valence-corrected chi connectivity index (χ0v) is 17.1. The highest BCUT2D eigenvalue weighted by Gasteiger charge is 2.26. The molecule has 142 valence electrons. The number of pyridine rings is 1. The van der Waals surface area contributed by atoms with Crippen molar-refractivity contribution in [1.29, 1.82) is 0 Å². The molecule has 4 rings (SSSR count). The lowest BCUT2D eigenvalue weighted by atomic mass is 10.1. The van der Waals surface area contributed by atoms with E-state index in [1.165, 1.54) is 0 Å². The van der Waals surface area contributed by atoms with E-state index < -0.39 is 0 Å². The van der Waals surface area contributed by atoms with Crippen LogP contribution < -0.4 is 4.90 Å². The van der Waals surface area contributed by atoms with Crippen molar-refractivity contribution in [2.24, 2.45) is 7.05 Å². The van der Waals surface area contributed by atoms with Gasteiger partial charge in [0.05, 0.1) is 23.0 Å². The molecular formula is C21H21N5OS. The summed E-state index contributed by atoms with van der Waals surface area (Å²) in [6.07, 6.45) is 5.22. The van der Waals surface area contributed by atoms with Gasteiger partial charge in [-0.2, -0.15) is 5.10 Å². The Morgan fingerprint density at radius 3 is 2.54 bits per heavy atom. The number of carbonyl (C=O) groups excluding carboxylic acids is 1. The number of fused-ring (bicyclic) bond motifs is 1. The van der Waals surface area contributed by atoms with Crippen LogP contribution in [-0.4, -0.2) is 25.7 Å². The van der Waals surface area contributed by atoms with Gasteiger partial charge >= 0.3 is 0 Å². The smallest absolute Gasteiger partial charge is 0.278 e. The van der Waals surface area contributed by atoms with E-state index in [0.717, 1.165) is 32.5 Å². The fourth-order valence-electron chi connectivity index (χ4n) is 3.25. The minimum atomic E-state index is -0.115. The summed E-state index contributed by atoms with van der Waals surface area (Å²) in [6.45, 7) is 6.41. The number of carbonyl (C=O) groups is 1. The molecule has 0 saturated carbocycles. The number of aryl methyl sites for hydroxylation is 4. The maximum atomic E-state index is 13.5. The summed E-state index contributed by atoms with van der Waals surface area (Å²) in [4.78, 5) is 24.3. The van der Waals surface area contributed by atoms with Crippen LogP contribution in [-0.2, 0) is 13.6 Å². The second-order valence-corrected chi connectivity index (χ2v) is 7.90. The van der Waals surface area contributed by atoms with E-state index in [1.807, 2.05) is 26.0 Å². The Morgan fingerprint density at radius 2 is 1.89 bits per heavy atom. The van der Waals surface area contributed by atoms with Crippen LogP contribution in [0.15, 0.2) is 42.9 Å². The van der Waals surface area contributed by atoms with Crippen LogP contribution >= 0.6 is 11.3 Å². The van der Waals surface area contributed by atoms with Gasteiger partial charge in [0.2, 0.25) is 0 Å². The predicted molar refractivity (Wildman–Crippen MR) is 112 cm³/mol. The van der Waals surface area contributed by atoms with Crippen LogP contribution in [0, 0.1) is 20.8 Å². The molecule has 7 heteroatoms. The van der Waals surface area contributed by atoms with E-state index in [0.29, 0.717) is 17.4 Å². The number of hydrogen-bond acceptors (Lipinski definition) is 5. The summed E-state index contributed by atoms with van der Waals surface area (Å²) in [5.41, 5.74) is 5.58. The molecular weight excluding hydrogens is 370 g/mol. The monoisotopic (exact) mass is 391 g/mol. The number of thiazole rings is 1. The van der Waals surface area contributed by atoms with Gasteiger partial charge in [0.1, 0.15) is 5.69 Å². The van der Waals surface area contributed by atoms with Gasteiger partial charge in [0.25, 0.3) is 5.91 Å². The number of hydrogen-bond donors (Lipinski definition) is 0. The molecule has 3 aromatic heterocycles. The third-order valence-corrected chi connectivity index (χ3v) is 6.01. The molecule has 28 heavy (non-hydrogen) atoms. The first-order valence-electron chi connectivity index (χ1n) is 9.02. The largest absolute Gasteiger partial charge is 0.278 e. The zero-order valence-electron chi connectivity index (χ0n) is 16.3. The fourth-order valence-corrected chi connectivity index (χ4v) is 4.36. The van der Waals surface area contributed by atoms with Gasteiger partial charge in [0, 0.05) is 19.4 Å². The summed E-state index contributed by atoms with van der Waals surface area (Å²) in [5.74, 6) is -0.115. The van der Waals surface area contributed by atoms with Crippen molar-refractivity contribution in [3.8, 4) is 0 Å². The molecule has 0 saturated heterocycles. The van der Waals surface area contributed by atoms with Crippen molar-refractivity contribution >= 4 is 32.6 Å². The molecule has 0 atom stereocenters. The molecule has 0 unspecified atom stereocenters. The quantitative estimate of drug-likeness (QED) is 0.523. The van der Waals surface area contributed by atoms with Crippen molar-refractivity contribution in [2.45, 2.75) is 27.3 Å². The second kappa shape index (κ2) is 7.16. The molecule has 1 aromatic carbocycles. The zero-order chi connectivity index (χ0) is 19.8. The summed E-state index contributed by atoms with van der Waals surface area (Å²) in [5, 5.41) is 4.91. The van der Waals surface area contributed by atoms with Gasteiger partial charge in [-0.15, -0.1) is 0 Å². The highest BCUT2D eigenvalue weighted by atomic mass is 32.1. The summed E-state index contributed by atoms with van der Waals surface area (Å²) < 4.78 is 2.73. The maximum absolute atomic E-state index is 13.5. The first kappa shape index (κ1) is 18.3. The summed E-state index contributed by atoms with van der Waals surface area (Å²) in [7, 11) is 1.79. The van der Waals surface area contributed by atoms with Crippen molar-refractivity contribution in [1.82, 2.24) is 19.7 Å². The third-order valence-electron chi connectivity index (χ3n) is 4.79. The Morgan fingerprint density at radius 1 is 1.11 bits per heavy atom. The van der Waals surface area contributed by atoms with Gasteiger partial charge in [-0.3, -0.25) is 19.4 Å². The second-order valence-electron chi connectivity index (χ2n) is 6.93. The molecule has 0 aliphatic rings. The average molecular weight is 392 g/mol. The van der Waals surface area contributed by atoms with E-state index >= 15 is 0 Å². The Kier molecular flexibility index (Phi) is 4.68. The standard InChI is InChI=1S/C21H21N5OS/c1-13-7-8-14(2)19-17(13)24-21(28-19)26(12-16-6-5-9-22-11-16)20(27)18-15(3)10-23-25(18)4/h5-11H,12H2,1-4H3. The molecule has 0 aliphatic heterocycles. The van der Waals surface area contributed by atoms with Crippen LogP contribution in [0.5, 0.6) is 0 Å². The highest BCUT2D eigenvalue weighted by molar-refractivity contribution is 7.22. The molecule has 0 radical (unpaired) electrons. The van der Waals surface area contributed by atoms with E-state index in [4.69, 9.17) is 4.98 Å². The molecule has 0 aliphatic carbocycles. The molecule has 0 spiro atoms. The molecule has 0 fully saturated rings. The molecule has 0 bridgehead atoms. The fraction of sp³-hybridized carbons (Fsp3) is 0.238. The summed E-state index contributed by atoms with van der Waals surface area (Å²) in [6, 6.07) is 8.00. The maximum Gasteiger partial charge on any atom is 0.278 e. The minimum absolute atomic E-state index is 0.115. The molecule has 6 nitrogen and oxygen atoms in total. The molecule has 3 heterocycles. The van der Waals surface area contributed by atoms with Crippen molar-refractivity contribution < 1.29 is 4.79 Å². The van der Waals surface area contributed by atoms with Crippen LogP contribution in [0.1, 0.15) is 32.7 Å². The lowest BCUT2D eigenvalue weighted by Gasteiger charge is -2.20. The lowest BCUT2D eigenvalue weighted by Crippen LogP contribution is -2.32. The minimum Gasteiger partial charge on any atom is -0.278 e. The lowest BCUT2D eigenvalue weighted by molar-refractivity contribution is 0.0975. The normalized spacial score (nSPS) is 11.1. The first-order chi connectivity index (χ1) is 13.5. The molecule has 4 aromatic rings. The summed E-state index contributed by atoms with van der Waals surface area (Å²) >= 11 is 1.55. The molecule has 1 amide bonds. The average Bonchev–Trinajstić information content (AvgIpc) is 3.28. The van der Waals surface area contributed by atoms with Gasteiger partial charge in [-0.05, 0) is 49.1 Å². The number of nitrogens with zero attached hydrogens (tertiary/aromatic N) is 5. The SMILES string of the molecule is Cc1cnn(C)c1C(=O)N(Cc1cccnc1)c1nc2c(C)ccc(C)c2s1. The number of rotatable bonds is 4. The van der Waals surface area contributed by atoms with E-state index in [2.05, 4.69) is 29.1 Å². The highest BCUT2D eigenvalue weighted by Crippen LogP contribution is 2.34. The van der Waals surface area contributed by atoms with Crippen molar-refractivity contribution in [3.05, 3.63) is 70.8 Å². The van der Waals surface area contributed by atoms with E-state index in [-0.39, 0.29) is 5.91 Å². The Hall–Kier alpha value is -3.06. The topological polar surface area (TPSA) is 63.9 Å². The number of amides is 1. The Labute approximate surface area is 167 Å². The predicted octanol–water partition coefficient (Wildman–Crippen LogP) is 4.20. The number of benzene rings is 1. The van der Waals surface area contributed by atoms with Crippen LogP contribution in [0.4, 0.5) is 5.13 Å². The van der Waals surface area contributed by atoms with Crippen molar-refractivity contribution in [3.63, 3.8) is 0 Å². The van der Waals surface area contributed by atoms with E-state index in [9.17, 15) is 4.79 Å². The first-order valence-corrected chi connectivity index (χ1v) is 9.83. The Bertz CT molecular complexity index is 1100. The molecule has 0 N–H and O–H groups in total. The van der Waals surface area contributed by atoms with Crippen molar-refractivity contribution in [2.75, 3.05) is 4.90 Å². The van der Waals surface area contributed by atoms with Crippen LogP contribution in [0.2, 0.25) is 0 Å². The Balaban J connectivity index is 1.85. The third kappa shape index (κ3) is 3.18. The van der Waals surface area contributed by atoms with Gasteiger partial charge in [-0.1, -0.05) is 29.5 Å². The van der Waals surface area contributed by atoms with Crippen LogP contribution in [0.3, 0.4) is 0 Å². The van der Waals surface area contributed by atoms with Gasteiger partial charge in [-0.25, -0.2) is 4.98 Å². The number of aromatic nitrogens is 4. The van der Waals surface area contributed by atoms with E-state index in [1.54, 1.807) is 46.6 Å². The van der Waals surface area contributed by atoms with Gasteiger partial charge < -0.3 is 0 Å². The van der Waals surface area contributed by atoms with Gasteiger partial charge in [0.15, 0.2) is 5.13 Å².